The summed E-state index contributed by atoms with van der Waals surface area (Å²) in [5.41, 5.74) is 5.96. The SMILES string of the molecule is NC(=O)c1c[nH]c(C(=O)N(Cc2ccccc2)CC2(O)CCCC2)c1. The number of aliphatic hydroxyl groups is 1. The van der Waals surface area contributed by atoms with Gasteiger partial charge in [-0.2, -0.15) is 0 Å². The van der Waals surface area contributed by atoms with Gasteiger partial charge in [-0.05, 0) is 24.5 Å². The Morgan fingerprint density at radius 1 is 1.20 bits per heavy atom. The summed E-state index contributed by atoms with van der Waals surface area (Å²) in [5, 5.41) is 10.8. The lowest BCUT2D eigenvalue weighted by molar-refractivity contribution is 0.00767. The van der Waals surface area contributed by atoms with Crippen molar-refractivity contribution in [3.63, 3.8) is 0 Å². The normalized spacial score (nSPS) is 15.9. The van der Waals surface area contributed by atoms with Gasteiger partial charge < -0.3 is 20.7 Å². The number of hydrogen-bond donors (Lipinski definition) is 3. The summed E-state index contributed by atoms with van der Waals surface area (Å²) in [6.07, 6.45) is 4.77. The van der Waals surface area contributed by atoms with E-state index < -0.39 is 11.5 Å². The lowest BCUT2D eigenvalue weighted by Gasteiger charge is -2.31. The minimum absolute atomic E-state index is 0.253. The molecule has 2 amide bonds. The van der Waals surface area contributed by atoms with Crippen molar-refractivity contribution >= 4 is 11.8 Å². The maximum Gasteiger partial charge on any atom is 0.270 e. The molecule has 1 heterocycles. The van der Waals surface area contributed by atoms with Gasteiger partial charge in [0.25, 0.3) is 5.91 Å². The van der Waals surface area contributed by atoms with Crippen LogP contribution in [0.5, 0.6) is 0 Å². The number of amides is 2. The number of nitrogens with two attached hydrogens (primary N) is 1. The number of hydrogen-bond acceptors (Lipinski definition) is 3. The number of carbonyl (C=O) groups excluding carboxylic acids is 2. The zero-order valence-corrected chi connectivity index (χ0v) is 14.1. The van der Waals surface area contributed by atoms with Crippen molar-refractivity contribution in [1.29, 1.82) is 0 Å². The molecule has 1 saturated carbocycles. The summed E-state index contributed by atoms with van der Waals surface area (Å²) in [7, 11) is 0. The first kappa shape index (κ1) is 17.2. The summed E-state index contributed by atoms with van der Waals surface area (Å²) >= 11 is 0. The number of nitrogens with zero attached hydrogens (tertiary/aromatic N) is 1. The quantitative estimate of drug-likeness (QED) is 0.750. The molecule has 0 radical (unpaired) electrons. The van der Waals surface area contributed by atoms with E-state index >= 15 is 0 Å². The third kappa shape index (κ3) is 4.09. The van der Waals surface area contributed by atoms with Crippen molar-refractivity contribution in [2.75, 3.05) is 6.54 Å². The Labute approximate surface area is 146 Å². The summed E-state index contributed by atoms with van der Waals surface area (Å²) in [6.45, 7) is 0.665. The van der Waals surface area contributed by atoms with Crippen molar-refractivity contribution in [2.45, 2.75) is 37.8 Å². The Hall–Kier alpha value is -2.60. The van der Waals surface area contributed by atoms with Crippen LogP contribution in [0.25, 0.3) is 0 Å². The molecular formula is C19H23N3O3. The molecule has 0 aliphatic heterocycles. The van der Waals surface area contributed by atoms with Gasteiger partial charge in [-0.3, -0.25) is 9.59 Å². The number of benzene rings is 1. The van der Waals surface area contributed by atoms with Gasteiger partial charge in [0.2, 0.25) is 5.91 Å². The molecule has 1 fully saturated rings. The topological polar surface area (TPSA) is 99.4 Å². The zero-order chi connectivity index (χ0) is 17.9. The summed E-state index contributed by atoms with van der Waals surface area (Å²) in [4.78, 5) is 28.7. The van der Waals surface area contributed by atoms with Crippen LogP contribution in [0.1, 0.15) is 52.1 Å². The van der Waals surface area contributed by atoms with Gasteiger partial charge in [0.1, 0.15) is 5.69 Å². The van der Waals surface area contributed by atoms with Crippen LogP contribution in [0.2, 0.25) is 0 Å². The van der Waals surface area contributed by atoms with Gasteiger partial charge in [-0.25, -0.2) is 0 Å². The fraction of sp³-hybridized carbons (Fsp3) is 0.368. The first-order valence-electron chi connectivity index (χ1n) is 8.51. The molecule has 4 N–H and O–H groups in total. The van der Waals surface area contributed by atoms with Crippen LogP contribution >= 0.6 is 0 Å². The number of aromatic amines is 1. The number of H-pyrrole nitrogens is 1. The number of nitrogens with one attached hydrogen (secondary N) is 1. The first-order valence-corrected chi connectivity index (χ1v) is 8.51. The molecule has 6 heteroatoms. The van der Waals surface area contributed by atoms with E-state index in [1.54, 1.807) is 4.90 Å². The van der Waals surface area contributed by atoms with Gasteiger partial charge in [0.15, 0.2) is 0 Å². The second kappa shape index (κ2) is 7.11. The predicted octanol–water partition coefficient (Wildman–Crippen LogP) is 2.06. The smallest absolute Gasteiger partial charge is 0.270 e. The van der Waals surface area contributed by atoms with Gasteiger partial charge >= 0.3 is 0 Å². The molecule has 1 aromatic carbocycles. The monoisotopic (exact) mass is 341 g/mol. The Kier molecular flexibility index (Phi) is 4.90. The molecule has 0 atom stereocenters. The fourth-order valence-corrected chi connectivity index (χ4v) is 3.38. The van der Waals surface area contributed by atoms with E-state index in [0.29, 0.717) is 25.1 Å². The van der Waals surface area contributed by atoms with E-state index in [-0.39, 0.29) is 18.0 Å². The number of aromatic nitrogens is 1. The van der Waals surface area contributed by atoms with Gasteiger partial charge in [0.05, 0.1) is 17.7 Å². The molecular weight excluding hydrogens is 318 g/mol. The molecule has 25 heavy (non-hydrogen) atoms. The molecule has 0 bridgehead atoms. The average Bonchev–Trinajstić information content (AvgIpc) is 3.24. The van der Waals surface area contributed by atoms with Crippen molar-refractivity contribution in [3.05, 3.63) is 59.4 Å². The third-order valence-corrected chi connectivity index (χ3v) is 4.72. The molecule has 6 nitrogen and oxygen atoms in total. The van der Waals surface area contributed by atoms with Gasteiger partial charge in [-0.15, -0.1) is 0 Å². The lowest BCUT2D eigenvalue weighted by atomic mass is 10.0. The van der Waals surface area contributed by atoms with E-state index in [2.05, 4.69) is 4.98 Å². The van der Waals surface area contributed by atoms with Crippen LogP contribution in [-0.4, -0.2) is 39.0 Å². The summed E-state index contributed by atoms with van der Waals surface area (Å²) < 4.78 is 0. The minimum atomic E-state index is -0.844. The molecule has 0 unspecified atom stereocenters. The largest absolute Gasteiger partial charge is 0.388 e. The molecule has 1 aliphatic rings. The molecule has 2 aromatic rings. The van der Waals surface area contributed by atoms with Crippen LogP contribution in [0.15, 0.2) is 42.6 Å². The van der Waals surface area contributed by atoms with E-state index in [1.807, 2.05) is 30.3 Å². The summed E-state index contributed by atoms with van der Waals surface area (Å²) in [6, 6.07) is 11.1. The second-order valence-corrected chi connectivity index (χ2v) is 6.74. The minimum Gasteiger partial charge on any atom is -0.388 e. The number of primary amides is 1. The second-order valence-electron chi connectivity index (χ2n) is 6.74. The molecule has 1 aliphatic carbocycles. The Morgan fingerprint density at radius 2 is 1.88 bits per heavy atom. The maximum atomic E-state index is 12.9. The highest BCUT2D eigenvalue weighted by Gasteiger charge is 2.35. The van der Waals surface area contributed by atoms with E-state index in [4.69, 9.17) is 5.73 Å². The van der Waals surface area contributed by atoms with E-state index in [1.165, 1.54) is 12.3 Å². The molecule has 0 saturated heterocycles. The molecule has 3 rings (SSSR count). The Bertz CT molecular complexity index is 748. The van der Waals surface area contributed by atoms with Crippen LogP contribution in [0, 0.1) is 0 Å². The van der Waals surface area contributed by atoms with Crippen molar-refractivity contribution in [1.82, 2.24) is 9.88 Å². The number of carbonyl (C=O) groups is 2. The lowest BCUT2D eigenvalue weighted by Crippen LogP contribution is -2.44. The molecule has 0 spiro atoms. The van der Waals surface area contributed by atoms with Crippen LogP contribution in [0.4, 0.5) is 0 Å². The van der Waals surface area contributed by atoms with Crippen LogP contribution < -0.4 is 5.73 Å². The third-order valence-electron chi connectivity index (χ3n) is 4.72. The molecule has 132 valence electrons. The van der Waals surface area contributed by atoms with Crippen molar-refractivity contribution in [3.8, 4) is 0 Å². The Morgan fingerprint density at radius 3 is 2.48 bits per heavy atom. The van der Waals surface area contributed by atoms with Crippen LogP contribution in [-0.2, 0) is 6.54 Å². The van der Waals surface area contributed by atoms with Crippen molar-refractivity contribution in [2.24, 2.45) is 5.73 Å². The summed E-state index contributed by atoms with van der Waals surface area (Å²) in [5.74, 6) is -0.837. The van der Waals surface area contributed by atoms with Gasteiger partial charge in [-0.1, -0.05) is 43.2 Å². The highest BCUT2D eigenvalue weighted by Crippen LogP contribution is 2.31. The number of rotatable bonds is 6. The van der Waals surface area contributed by atoms with Crippen molar-refractivity contribution < 1.29 is 14.7 Å². The van der Waals surface area contributed by atoms with Crippen LogP contribution in [0.3, 0.4) is 0 Å². The zero-order valence-electron chi connectivity index (χ0n) is 14.1. The maximum absolute atomic E-state index is 12.9. The predicted molar refractivity (Wildman–Crippen MR) is 93.9 cm³/mol. The average molecular weight is 341 g/mol. The Balaban J connectivity index is 1.83. The fourth-order valence-electron chi connectivity index (χ4n) is 3.38. The van der Waals surface area contributed by atoms with E-state index in [0.717, 1.165) is 18.4 Å². The van der Waals surface area contributed by atoms with E-state index in [9.17, 15) is 14.7 Å². The highest BCUT2D eigenvalue weighted by molar-refractivity contribution is 5.98. The van der Waals surface area contributed by atoms with Gasteiger partial charge in [0, 0.05) is 12.7 Å². The highest BCUT2D eigenvalue weighted by atomic mass is 16.3. The molecule has 1 aromatic heterocycles. The standard InChI is InChI=1S/C19H23N3O3/c20-17(23)15-10-16(21-11-15)18(24)22(12-14-6-2-1-3-7-14)13-19(25)8-4-5-9-19/h1-3,6-7,10-11,21,25H,4-5,8-9,12-13H2,(H2,20,23). The first-order chi connectivity index (χ1) is 12.0.